The molecule has 0 fully saturated rings. The van der Waals surface area contributed by atoms with E-state index in [-0.39, 0.29) is 16.8 Å². The minimum atomic E-state index is -0.461. The van der Waals surface area contributed by atoms with E-state index in [4.69, 9.17) is 27.9 Å². The number of benzene rings is 1. The fraction of sp³-hybridized carbons (Fsp3) is 0.455. The second-order valence-corrected chi connectivity index (χ2v) is 4.61. The van der Waals surface area contributed by atoms with Gasteiger partial charge in [0.05, 0.1) is 21.6 Å². The lowest BCUT2D eigenvalue weighted by Gasteiger charge is -2.15. The molecule has 1 rings (SSSR count). The minimum absolute atomic E-state index is 0.0223. The van der Waals surface area contributed by atoms with Crippen molar-refractivity contribution in [2.24, 2.45) is 0 Å². The van der Waals surface area contributed by atoms with Crippen molar-refractivity contribution in [2.75, 3.05) is 20.8 Å². The van der Waals surface area contributed by atoms with Crippen molar-refractivity contribution < 1.29 is 9.66 Å². The van der Waals surface area contributed by atoms with Crippen LogP contribution in [0.1, 0.15) is 5.56 Å². The number of nitrogens with zero attached hydrogens (tertiary/aromatic N) is 1. The summed E-state index contributed by atoms with van der Waals surface area (Å²) < 4.78 is 5.03. The average Bonchev–Trinajstić information content (AvgIpc) is 2.32. The van der Waals surface area contributed by atoms with Crippen LogP contribution in [0.4, 0.5) is 5.69 Å². The molecule has 0 aliphatic heterocycles. The molecule has 1 aromatic carbocycles. The highest BCUT2D eigenvalue weighted by atomic mass is 35.5. The first-order valence-corrected chi connectivity index (χ1v) is 6.03. The molecule has 0 saturated heterocycles. The summed E-state index contributed by atoms with van der Waals surface area (Å²) in [7, 11) is 3.35. The van der Waals surface area contributed by atoms with E-state index in [0.29, 0.717) is 23.6 Å². The van der Waals surface area contributed by atoms with E-state index in [2.05, 4.69) is 5.32 Å². The molecule has 1 N–H and O–H groups in total. The van der Waals surface area contributed by atoms with Crippen LogP contribution in [0.3, 0.4) is 0 Å². The van der Waals surface area contributed by atoms with Crippen LogP contribution in [0.25, 0.3) is 0 Å². The number of ether oxygens (including phenoxy) is 1. The highest BCUT2D eigenvalue weighted by Crippen LogP contribution is 2.31. The number of nitrogens with one attached hydrogen (secondary N) is 1. The molecule has 7 heteroatoms. The van der Waals surface area contributed by atoms with Gasteiger partial charge in [-0.25, -0.2) is 0 Å². The van der Waals surface area contributed by atoms with E-state index in [0.717, 1.165) is 0 Å². The number of hydrogen-bond donors (Lipinski definition) is 1. The van der Waals surface area contributed by atoms with Crippen molar-refractivity contribution in [1.29, 1.82) is 0 Å². The number of hydrogen-bond acceptors (Lipinski definition) is 4. The van der Waals surface area contributed by atoms with Gasteiger partial charge in [0.1, 0.15) is 0 Å². The lowest BCUT2D eigenvalue weighted by molar-refractivity contribution is -0.385. The summed E-state index contributed by atoms with van der Waals surface area (Å²) in [4.78, 5) is 10.5. The number of likely N-dealkylation sites (N-methyl/N-ethyl adjacent to an activating group) is 1. The zero-order valence-electron chi connectivity index (χ0n) is 10.1. The zero-order valence-corrected chi connectivity index (χ0v) is 11.6. The molecule has 0 heterocycles. The minimum Gasteiger partial charge on any atom is -0.383 e. The summed E-state index contributed by atoms with van der Waals surface area (Å²) in [5.74, 6) is 0. The van der Waals surface area contributed by atoms with Crippen LogP contribution >= 0.6 is 23.2 Å². The van der Waals surface area contributed by atoms with Crippen molar-refractivity contribution in [3.05, 3.63) is 37.9 Å². The molecule has 18 heavy (non-hydrogen) atoms. The van der Waals surface area contributed by atoms with Crippen molar-refractivity contribution in [2.45, 2.75) is 12.5 Å². The summed E-state index contributed by atoms with van der Waals surface area (Å²) in [6.07, 6.45) is 0.442. The molecule has 1 aromatic rings. The number of nitro benzene ring substituents is 1. The van der Waals surface area contributed by atoms with Gasteiger partial charge in [-0.3, -0.25) is 10.1 Å². The molecule has 5 nitrogen and oxygen atoms in total. The summed E-state index contributed by atoms with van der Waals surface area (Å²) in [5.41, 5.74) is 0.506. The molecule has 1 unspecified atom stereocenters. The summed E-state index contributed by atoms with van der Waals surface area (Å²) in [5, 5.41) is 14.5. The van der Waals surface area contributed by atoms with E-state index >= 15 is 0 Å². The van der Waals surface area contributed by atoms with Gasteiger partial charge in [-0.2, -0.15) is 0 Å². The van der Waals surface area contributed by atoms with Gasteiger partial charge in [0.15, 0.2) is 0 Å². The van der Waals surface area contributed by atoms with Crippen molar-refractivity contribution >= 4 is 28.9 Å². The molecule has 0 amide bonds. The Kier molecular flexibility index (Phi) is 5.81. The Balaban J connectivity index is 3.06. The van der Waals surface area contributed by atoms with Gasteiger partial charge in [0.2, 0.25) is 0 Å². The molecule has 0 aliphatic carbocycles. The fourth-order valence-electron chi connectivity index (χ4n) is 1.62. The molecule has 0 spiro atoms. The summed E-state index contributed by atoms with van der Waals surface area (Å²) in [6.45, 7) is 0.452. The van der Waals surface area contributed by atoms with Crippen molar-refractivity contribution in [3.63, 3.8) is 0 Å². The quantitative estimate of drug-likeness (QED) is 0.647. The van der Waals surface area contributed by atoms with E-state index < -0.39 is 4.92 Å². The van der Waals surface area contributed by atoms with Crippen LogP contribution < -0.4 is 5.32 Å². The van der Waals surface area contributed by atoms with Crippen LogP contribution in [0.2, 0.25) is 10.0 Å². The van der Waals surface area contributed by atoms with Crippen LogP contribution in [-0.2, 0) is 11.2 Å². The van der Waals surface area contributed by atoms with E-state index in [9.17, 15) is 10.1 Å². The van der Waals surface area contributed by atoms with Gasteiger partial charge in [-0.05, 0) is 19.5 Å². The highest BCUT2D eigenvalue weighted by Gasteiger charge is 2.19. The largest absolute Gasteiger partial charge is 0.383 e. The van der Waals surface area contributed by atoms with Gasteiger partial charge < -0.3 is 10.1 Å². The van der Waals surface area contributed by atoms with Crippen molar-refractivity contribution in [3.8, 4) is 0 Å². The number of halogens is 2. The number of rotatable bonds is 6. The van der Waals surface area contributed by atoms with Crippen LogP contribution in [0, 0.1) is 10.1 Å². The van der Waals surface area contributed by atoms with Crippen molar-refractivity contribution in [1.82, 2.24) is 5.32 Å². The van der Waals surface area contributed by atoms with Crippen LogP contribution in [0.15, 0.2) is 12.1 Å². The summed E-state index contributed by atoms with van der Waals surface area (Å²) in [6, 6.07) is 2.78. The Morgan fingerprint density at radius 2 is 2.06 bits per heavy atom. The second kappa shape index (κ2) is 6.89. The third-order valence-electron chi connectivity index (χ3n) is 2.56. The normalized spacial score (nSPS) is 12.4. The van der Waals surface area contributed by atoms with Gasteiger partial charge in [0, 0.05) is 24.8 Å². The molecular weight excluding hydrogens is 279 g/mol. The second-order valence-electron chi connectivity index (χ2n) is 3.80. The topological polar surface area (TPSA) is 64.4 Å². The van der Waals surface area contributed by atoms with Crippen LogP contribution in [-0.4, -0.2) is 31.7 Å². The van der Waals surface area contributed by atoms with E-state index in [1.807, 2.05) is 0 Å². The van der Waals surface area contributed by atoms with Gasteiger partial charge in [-0.1, -0.05) is 23.2 Å². The highest BCUT2D eigenvalue weighted by molar-refractivity contribution is 6.42. The predicted molar refractivity (Wildman–Crippen MR) is 71.5 cm³/mol. The molecular formula is C11H14Cl2N2O3. The smallest absolute Gasteiger partial charge is 0.274 e. The number of nitro groups is 1. The molecule has 0 aromatic heterocycles. The Bertz CT molecular complexity index is 441. The molecule has 0 bridgehead atoms. The van der Waals surface area contributed by atoms with Gasteiger partial charge >= 0.3 is 0 Å². The maximum Gasteiger partial charge on any atom is 0.274 e. The first-order chi connectivity index (χ1) is 8.49. The Labute approximate surface area is 115 Å². The molecule has 0 radical (unpaired) electrons. The molecule has 100 valence electrons. The summed E-state index contributed by atoms with van der Waals surface area (Å²) >= 11 is 11.7. The Morgan fingerprint density at radius 3 is 2.56 bits per heavy atom. The third kappa shape index (κ3) is 3.81. The fourth-order valence-corrected chi connectivity index (χ4v) is 1.97. The Hall–Kier alpha value is -0.880. The van der Waals surface area contributed by atoms with Gasteiger partial charge in [0.25, 0.3) is 5.69 Å². The zero-order chi connectivity index (χ0) is 13.7. The first-order valence-electron chi connectivity index (χ1n) is 5.28. The SMILES string of the molecule is CNC(COC)Cc1cc(Cl)c(Cl)cc1[N+](=O)[O-]. The average molecular weight is 293 g/mol. The van der Waals surface area contributed by atoms with E-state index in [1.165, 1.54) is 12.1 Å². The molecule has 1 atom stereocenters. The Morgan fingerprint density at radius 1 is 1.44 bits per heavy atom. The van der Waals surface area contributed by atoms with Crippen LogP contribution in [0.5, 0.6) is 0 Å². The lowest BCUT2D eigenvalue weighted by atomic mass is 10.0. The first kappa shape index (κ1) is 15.2. The third-order valence-corrected chi connectivity index (χ3v) is 3.28. The molecule has 0 aliphatic rings. The lowest BCUT2D eigenvalue weighted by Crippen LogP contribution is -2.32. The monoisotopic (exact) mass is 292 g/mol. The maximum atomic E-state index is 11.0. The predicted octanol–water partition coefficient (Wildman–Crippen LogP) is 2.68. The van der Waals surface area contributed by atoms with E-state index in [1.54, 1.807) is 14.2 Å². The van der Waals surface area contributed by atoms with Gasteiger partial charge in [-0.15, -0.1) is 0 Å². The molecule has 0 saturated carbocycles. The standard InChI is InChI=1S/C11H14Cl2N2O3/c1-14-8(6-18-2)3-7-4-9(12)10(13)5-11(7)15(16)17/h4-5,8,14H,3,6H2,1-2H3. The maximum absolute atomic E-state index is 11.0. The number of methoxy groups -OCH3 is 1.